The summed E-state index contributed by atoms with van der Waals surface area (Å²) in [6.07, 6.45) is 9.30. The van der Waals surface area contributed by atoms with Gasteiger partial charge in [-0.1, -0.05) is 57.4 Å². The molecule has 0 aromatic heterocycles. The van der Waals surface area contributed by atoms with Gasteiger partial charge in [-0.15, -0.1) is 0 Å². The van der Waals surface area contributed by atoms with Crippen molar-refractivity contribution in [1.29, 1.82) is 0 Å². The molecule has 1 fully saturated rings. The Labute approximate surface area is 118 Å². The lowest BCUT2D eigenvalue weighted by molar-refractivity contribution is -0.0153. The number of aliphatic hydroxyl groups is 1. The van der Waals surface area contributed by atoms with Crippen molar-refractivity contribution in [1.82, 2.24) is 0 Å². The fraction of sp³-hybridized carbons (Fsp3) is 0.667. The molecule has 0 amide bonds. The van der Waals surface area contributed by atoms with Crippen LogP contribution in [0.4, 0.5) is 0 Å². The molecule has 0 heterocycles. The Bertz CT molecular complexity index is 371. The number of rotatable bonds is 5. The predicted octanol–water partition coefficient (Wildman–Crippen LogP) is 4.82. The van der Waals surface area contributed by atoms with Crippen LogP contribution in [0.2, 0.25) is 0 Å². The molecule has 1 saturated carbocycles. The molecule has 1 aliphatic rings. The molecule has 0 bridgehead atoms. The summed E-state index contributed by atoms with van der Waals surface area (Å²) in [5.74, 6) is 0.843. The van der Waals surface area contributed by atoms with E-state index in [9.17, 15) is 5.11 Å². The minimum absolute atomic E-state index is 0.561. The van der Waals surface area contributed by atoms with Crippen LogP contribution in [0.25, 0.3) is 0 Å². The van der Waals surface area contributed by atoms with Gasteiger partial charge in [0.2, 0.25) is 0 Å². The highest BCUT2D eigenvalue weighted by Gasteiger charge is 2.34. The van der Waals surface area contributed by atoms with Crippen molar-refractivity contribution in [2.75, 3.05) is 0 Å². The van der Waals surface area contributed by atoms with E-state index in [4.69, 9.17) is 0 Å². The van der Waals surface area contributed by atoms with Gasteiger partial charge in [0.15, 0.2) is 0 Å². The van der Waals surface area contributed by atoms with E-state index in [0.29, 0.717) is 0 Å². The first kappa shape index (κ1) is 14.6. The number of aryl methyl sites for hydroxylation is 1. The smallest absolute Gasteiger partial charge is 0.0896 e. The molecule has 1 aliphatic carbocycles. The molecule has 1 aromatic rings. The first-order valence-corrected chi connectivity index (χ1v) is 7.99. The van der Waals surface area contributed by atoms with E-state index < -0.39 is 5.60 Å². The predicted molar refractivity (Wildman–Crippen MR) is 81.2 cm³/mol. The number of hydrogen-bond donors (Lipinski definition) is 1. The van der Waals surface area contributed by atoms with Crippen LogP contribution >= 0.6 is 0 Å². The molecule has 0 saturated heterocycles. The van der Waals surface area contributed by atoms with Gasteiger partial charge in [-0.2, -0.15) is 0 Å². The largest absolute Gasteiger partial charge is 0.385 e. The molecule has 1 N–H and O–H groups in total. The molecule has 0 unspecified atom stereocenters. The summed E-state index contributed by atoms with van der Waals surface area (Å²) in [5, 5.41) is 10.8. The van der Waals surface area contributed by atoms with E-state index in [-0.39, 0.29) is 0 Å². The topological polar surface area (TPSA) is 20.2 Å². The Morgan fingerprint density at radius 3 is 2.26 bits per heavy atom. The van der Waals surface area contributed by atoms with Crippen LogP contribution in [0.1, 0.15) is 69.9 Å². The van der Waals surface area contributed by atoms with Gasteiger partial charge >= 0.3 is 0 Å². The zero-order valence-electron chi connectivity index (χ0n) is 12.5. The fourth-order valence-corrected chi connectivity index (χ4v) is 3.28. The summed E-state index contributed by atoms with van der Waals surface area (Å²) in [4.78, 5) is 0. The van der Waals surface area contributed by atoms with E-state index >= 15 is 0 Å². The Morgan fingerprint density at radius 2 is 1.74 bits per heavy atom. The average molecular weight is 260 g/mol. The second-order valence-electron chi connectivity index (χ2n) is 6.17. The van der Waals surface area contributed by atoms with Crippen molar-refractivity contribution in [2.24, 2.45) is 5.92 Å². The zero-order chi connectivity index (χ0) is 13.7. The van der Waals surface area contributed by atoms with E-state index in [2.05, 4.69) is 38.1 Å². The Balaban J connectivity index is 1.96. The van der Waals surface area contributed by atoms with Crippen LogP contribution in [0.15, 0.2) is 24.3 Å². The molecule has 106 valence electrons. The van der Waals surface area contributed by atoms with Crippen molar-refractivity contribution in [2.45, 2.75) is 70.8 Å². The maximum absolute atomic E-state index is 10.8. The third-order valence-corrected chi connectivity index (χ3v) is 4.80. The summed E-state index contributed by atoms with van der Waals surface area (Å²) < 4.78 is 0. The summed E-state index contributed by atoms with van der Waals surface area (Å²) in [7, 11) is 0. The minimum Gasteiger partial charge on any atom is -0.385 e. The molecular formula is C18H28O. The summed E-state index contributed by atoms with van der Waals surface area (Å²) >= 11 is 0. The lowest BCUT2D eigenvalue weighted by Gasteiger charge is -2.36. The van der Waals surface area contributed by atoms with Crippen molar-refractivity contribution < 1.29 is 5.11 Å². The first-order valence-electron chi connectivity index (χ1n) is 7.99. The van der Waals surface area contributed by atoms with Gasteiger partial charge in [-0.25, -0.2) is 0 Å². The van der Waals surface area contributed by atoms with Crippen LogP contribution in [0, 0.1) is 5.92 Å². The van der Waals surface area contributed by atoms with Gasteiger partial charge < -0.3 is 5.11 Å². The van der Waals surface area contributed by atoms with Crippen LogP contribution < -0.4 is 0 Å². The monoisotopic (exact) mass is 260 g/mol. The zero-order valence-corrected chi connectivity index (χ0v) is 12.5. The van der Waals surface area contributed by atoms with E-state index in [0.717, 1.165) is 30.7 Å². The molecule has 1 aromatic carbocycles. The van der Waals surface area contributed by atoms with E-state index in [1.165, 1.54) is 37.7 Å². The molecule has 0 spiro atoms. The molecule has 0 atom stereocenters. The van der Waals surface area contributed by atoms with Gasteiger partial charge in [0.1, 0.15) is 0 Å². The highest BCUT2D eigenvalue weighted by Crippen LogP contribution is 2.40. The summed E-state index contributed by atoms with van der Waals surface area (Å²) in [5.41, 5.74) is 1.91. The minimum atomic E-state index is -0.561. The standard InChI is InChI=1S/C18H28O/c1-3-5-6-16-11-13-18(19,14-12-16)17-9-7-15(4-2)8-10-17/h7-10,16,19H,3-6,11-14H2,1-2H3/t16-,18-. The van der Waals surface area contributed by atoms with E-state index in [1.54, 1.807) is 0 Å². The van der Waals surface area contributed by atoms with Crippen molar-refractivity contribution in [3.05, 3.63) is 35.4 Å². The number of benzene rings is 1. The Kier molecular flexibility index (Phi) is 5.04. The molecular weight excluding hydrogens is 232 g/mol. The molecule has 0 radical (unpaired) electrons. The Morgan fingerprint density at radius 1 is 1.11 bits per heavy atom. The summed E-state index contributed by atoms with van der Waals surface area (Å²) in [6, 6.07) is 8.59. The third kappa shape index (κ3) is 3.60. The molecule has 19 heavy (non-hydrogen) atoms. The van der Waals surface area contributed by atoms with Crippen LogP contribution in [0.3, 0.4) is 0 Å². The quantitative estimate of drug-likeness (QED) is 0.805. The first-order chi connectivity index (χ1) is 9.18. The fourth-order valence-electron chi connectivity index (χ4n) is 3.28. The molecule has 0 aliphatic heterocycles. The second kappa shape index (κ2) is 6.56. The van der Waals surface area contributed by atoms with Gasteiger partial charge in [-0.05, 0) is 49.1 Å². The third-order valence-electron chi connectivity index (χ3n) is 4.80. The maximum atomic E-state index is 10.8. The highest BCUT2D eigenvalue weighted by molar-refractivity contribution is 5.27. The van der Waals surface area contributed by atoms with E-state index in [1.807, 2.05) is 0 Å². The van der Waals surface area contributed by atoms with Crippen LogP contribution in [0.5, 0.6) is 0 Å². The molecule has 2 rings (SSSR count). The maximum Gasteiger partial charge on any atom is 0.0896 e. The van der Waals surface area contributed by atoms with Crippen LogP contribution in [-0.2, 0) is 12.0 Å². The average Bonchev–Trinajstić information content (AvgIpc) is 2.47. The van der Waals surface area contributed by atoms with Crippen LogP contribution in [-0.4, -0.2) is 5.11 Å². The lowest BCUT2D eigenvalue weighted by atomic mass is 9.74. The second-order valence-corrected chi connectivity index (χ2v) is 6.17. The number of unbranched alkanes of at least 4 members (excludes halogenated alkanes) is 1. The van der Waals surface area contributed by atoms with Gasteiger partial charge in [0.05, 0.1) is 5.60 Å². The van der Waals surface area contributed by atoms with Gasteiger partial charge in [0.25, 0.3) is 0 Å². The van der Waals surface area contributed by atoms with Crippen molar-refractivity contribution >= 4 is 0 Å². The normalized spacial score (nSPS) is 27.4. The molecule has 1 heteroatoms. The van der Waals surface area contributed by atoms with Gasteiger partial charge in [-0.3, -0.25) is 0 Å². The highest BCUT2D eigenvalue weighted by atomic mass is 16.3. The van der Waals surface area contributed by atoms with Gasteiger partial charge in [0, 0.05) is 0 Å². The number of hydrogen-bond acceptors (Lipinski definition) is 1. The Hall–Kier alpha value is -0.820. The molecule has 1 nitrogen and oxygen atoms in total. The lowest BCUT2D eigenvalue weighted by Crippen LogP contribution is -2.31. The van der Waals surface area contributed by atoms with Crippen molar-refractivity contribution in [3.8, 4) is 0 Å². The SMILES string of the molecule is CCCC[C@H]1CC[C@@](O)(c2ccc(CC)cc2)CC1. The van der Waals surface area contributed by atoms with Crippen molar-refractivity contribution in [3.63, 3.8) is 0 Å². The summed E-state index contributed by atoms with van der Waals surface area (Å²) in [6.45, 7) is 4.43.